The molecule has 1 saturated heterocycles. The Hall–Kier alpha value is -3.82. The highest BCUT2D eigenvalue weighted by Gasteiger charge is 2.30. The van der Waals surface area contributed by atoms with Crippen LogP contribution in [0.2, 0.25) is 0 Å². The first-order chi connectivity index (χ1) is 17.7. The average molecular weight is 506 g/mol. The Morgan fingerprint density at radius 2 is 1.59 bits per heavy atom. The van der Waals surface area contributed by atoms with Crippen molar-refractivity contribution in [2.75, 3.05) is 20.1 Å². The molecule has 0 radical (unpaired) electrons. The number of hydrogen-bond donors (Lipinski definition) is 2. The summed E-state index contributed by atoms with van der Waals surface area (Å²) in [6.07, 6.45) is 5.29. The molecule has 1 fully saturated rings. The molecule has 37 heavy (non-hydrogen) atoms. The predicted octanol–water partition coefficient (Wildman–Crippen LogP) is 3.66. The molecule has 0 aliphatic carbocycles. The third-order valence-corrected chi connectivity index (χ3v) is 6.77. The topological polar surface area (TPSA) is 122 Å². The van der Waals surface area contributed by atoms with Crippen LogP contribution in [-0.2, 0) is 27.3 Å². The molecule has 2 aliphatic heterocycles. The Labute approximate surface area is 215 Å². The molecule has 1 atom stereocenters. The predicted molar refractivity (Wildman–Crippen MR) is 137 cm³/mol. The van der Waals surface area contributed by atoms with E-state index in [1.807, 2.05) is 24.3 Å². The minimum Gasteiger partial charge on any atom is -0.473 e. The number of aryl methyl sites for hydroxylation is 2. The first-order valence-electron chi connectivity index (χ1n) is 12.3. The standard InChI is InChI=1S/C26H29N3O2.C2H2O4/c1-18(30)19-7-9-21(10-8-19)24-17-29-16-11-20-5-3-4-6-23(20)25(26(29)27-24)31-22-12-14-28(2)15-13-22;3-1(4)2(5)6/h3-10,17,22,25H,11-16H2,1-2H3;(H,3,4)(H,5,6). The number of rotatable bonds is 4. The fourth-order valence-corrected chi connectivity index (χ4v) is 4.68. The van der Waals surface area contributed by atoms with Gasteiger partial charge in [0.15, 0.2) is 5.78 Å². The van der Waals surface area contributed by atoms with Crippen molar-refractivity contribution in [2.45, 2.75) is 44.9 Å². The Balaban J connectivity index is 0.000000480. The van der Waals surface area contributed by atoms with Crippen molar-refractivity contribution in [3.05, 3.63) is 77.2 Å². The van der Waals surface area contributed by atoms with E-state index in [1.54, 1.807) is 6.92 Å². The molecule has 2 N–H and O–H groups in total. The maximum Gasteiger partial charge on any atom is 0.414 e. The number of ketones is 1. The number of piperidine rings is 1. The van der Waals surface area contributed by atoms with Gasteiger partial charge < -0.3 is 24.4 Å². The molecule has 2 aromatic carbocycles. The number of carboxylic acids is 2. The zero-order chi connectivity index (χ0) is 26.5. The summed E-state index contributed by atoms with van der Waals surface area (Å²) in [6.45, 7) is 4.62. The van der Waals surface area contributed by atoms with Crippen LogP contribution in [0.25, 0.3) is 11.3 Å². The van der Waals surface area contributed by atoms with Crippen molar-refractivity contribution < 1.29 is 29.3 Å². The third-order valence-electron chi connectivity index (χ3n) is 6.77. The average Bonchev–Trinajstić information content (AvgIpc) is 3.26. The van der Waals surface area contributed by atoms with Gasteiger partial charge in [-0.05, 0) is 44.4 Å². The Morgan fingerprint density at radius 3 is 2.22 bits per heavy atom. The molecule has 0 spiro atoms. The number of likely N-dealkylation sites (tertiary alicyclic amines) is 1. The summed E-state index contributed by atoms with van der Waals surface area (Å²) in [5, 5.41) is 14.8. The Bertz CT molecular complexity index is 1260. The minimum absolute atomic E-state index is 0.0790. The van der Waals surface area contributed by atoms with Gasteiger partial charge in [-0.2, -0.15) is 0 Å². The molecule has 5 rings (SSSR count). The quantitative estimate of drug-likeness (QED) is 0.407. The number of carbonyl (C=O) groups excluding carboxylic acids is 1. The van der Waals surface area contributed by atoms with Gasteiger partial charge in [0.25, 0.3) is 0 Å². The van der Waals surface area contributed by atoms with Crippen molar-refractivity contribution in [1.82, 2.24) is 14.5 Å². The third kappa shape index (κ3) is 6.31. The zero-order valence-electron chi connectivity index (χ0n) is 21.0. The van der Waals surface area contributed by atoms with Crippen molar-refractivity contribution in [2.24, 2.45) is 0 Å². The number of fused-ring (bicyclic) bond motifs is 2. The van der Waals surface area contributed by atoms with E-state index in [0.29, 0.717) is 0 Å². The second kappa shape index (κ2) is 11.5. The van der Waals surface area contributed by atoms with E-state index in [1.165, 1.54) is 11.1 Å². The highest BCUT2D eigenvalue weighted by atomic mass is 16.5. The van der Waals surface area contributed by atoms with Crippen LogP contribution >= 0.6 is 0 Å². The van der Waals surface area contributed by atoms with E-state index < -0.39 is 11.9 Å². The number of ether oxygens (including phenoxy) is 1. The first-order valence-corrected chi connectivity index (χ1v) is 12.3. The van der Waals surface area contributed by atoms with Crippen LogP contribution in [-0.4, -0.2) is 68.6 Å². The molecule has 1 aromatic heterocycles. The summed E-state index contributed by atoms with van der Waals surface area (Å²) in [4.78, 5) is 37.2. The molecule has 1 unspecified atom stereocenters. The van der Waals surface area contributed by atoms with Gasteiger partial charge in [0.1, 0.15) is 11.9 Å². The summed E-state index contributed by atoms with van der Waals surface area (Å²) in [6, 6.07) is 16.4. The molecular formula is C28H31N3O6. The second-order valence-electron chi connectivity index (χ2n) is 9.39. The van der Waals surface area contributed by atoms with Gasteiger partial charge in [0, 0.05) is 37.0 Å². The van der Waals surface area contributed by atoms with Gasteiger partial charge in [0.05, 0.1) is 11.8 Å². The van der Waals surface area contributed by atoms with Gasteiger partial charge in [-0.25, -0.2) is 14.6 Å². The first kappa shape index (κ1) is 26.2. The molecular weight excluding hydrogens is 474 g/mol. The largest absolute Gasteiger partial charge is 0.473 e. The van der Waals surface area contributed by atoms with Gasteiger partial charge in [-0.3, -0.25) is 4.79 Å². The molecule has 0 saturated carbocycles. The smallest absolute Gasteiger partial charge is 0.414 e. The van der Waals surface area contributed by atoms with Crippen molar-refractivity contribution in [3.8, 4) is 11.3 Å². The second-order valence-corrected chi connectivity index (χ2v) is 9.39. The summed E-state index contributed by atoms with van der Waals surface area (Å²) < 4.78 is 9.02. The SMILES string of the molecule is CC(=O)c1ccc(-c2cn3c(n2)C(OC2CCN(C)CC2)c2ccccc2CC3)cc1.O=C(O)C(=O)O. The molecule has 3 heterocycles. The van der Waals surface area contributed by atoms with E-state index in [2.05, 4.69) is 47.0 Å². The number of carbonyl (C=O) groups is 3. The van der Waals surface area contributed by atoms with Crippen molar-refractivity contribution in [3.63, 3.8) is 0 Å². The number of hydrogen-bond acceptors (Lipinski definition) is 6. The van der Waals surface area contributed by atoms with E-state index in [9.17, 15) is 4.79 Å². The fourth-order valence-electron chi connectivity index (χ4n) is 4.68. The number of benzene rings is 2. The zero-order valence-corrected chi connectivity index (χ0v) is 21.0. The lowest BCUT2D eigenvalue weighted by atomic mass is 10.00. The number of Topliss-reactive ketones (excluding diaryl/α,β-unsaturated/α-hetero) is 1. The molecule has 3 aromatic rings. The van der Waals surface area contributed by atoms with E-state index >= 15 is 0 Å². The number of carboxylic acid groups (broad SMARTS) is 2. The van der Waals surface area contributed by atoms with Gasteiger partial charge >= 0.3 is 11.9 Å². The maximum absolute atomic E-state index is 11.6. The van der Waals surface area contributed by atoms with Crippen LogP contribution in [0, 0.1) is 0 Å². The molecule has 9 nitrogen and oxygen atoms in total. The summed E-state index contributed by atoms with van der Waals surface area (Å²) in [7, 11) is 2.17. The normalized spacial score (nSPS) is 17.5. The van der Waals surface area contributed by atoms with Crippen LogP contribution in [0.15, 0.2) is 54.7 Å². The van der Waals surface area contributed by atoms with Crippen LogP contribution in [0.3, 0.4) is 0 Å². The van der Waals surface area contributed by atoms with E-state index in [0.717, 1.165) is 61.5 Å². The monoisotopic (exact) mass is 505 g/mol. The van der Waals surface area contributed by atoms with E-state index in [4.69, 9.17) is 29.5 Å². The number of nitrogens with zero attached hydrogens (tertiary/aromatic N) is 3. The summed E-state index contributed by atoms with van der Waals surface area (Å²) in [5.41, 5.74) is 5.27. The lowest BCUT2D eigenvalue weighted by Crippen LogP contribution is -2.35. The van der Waals surface area contributed by atoms with Crippen LogP contribution in [0.4, 0.5) is 0 Å². The summed E-state index contributed by atoms with van der Waals surface area (Å²) in [5.74, 6) is -2.59. The highest BCUT2D eigenvalue weighted by molar-refractivity contribution is 6.27. The van der Waals surface area contributed by atoms with Gasteiger partial charge in [-0.15, -0.1) is 0 Å². The molecule has 0 amide bonds. The molecule has 9 heteroatoms. The van der Waals surface area contributed by atoms with Crippen LogP contribution < -0.4 is 0 Å². The van der Waals surface area contributed by atoms with Gasteiger partial charge in [0.2, 0.25) is 0 Å². The van der Waals surface area contributed by atoms with E-state index in [-0.39, 0.29) is 18.0 Å². The number of imidazole rings is 1. The Kier molecular flexibility index (Phi) is 8.15. The van der Waals surface area contributed by atoms with Crippen molar-refractivity contribution >= 4 is 17.7 Å². The Morgan fingerprint density at radius 1 is 0.946 bits per heavy atom. The molecule has 194 valence electrons. The highest BCUT2D eigenvalue weighted by Crippen LogP contribution is 2.35. The lowest BCUT2D eigenvalue weighted by Gasteiger charge is -2.32. The molecule has 2 aliphatic rings. The number of aromatic nitrogens is 2. The maximum atomic E-state index is 11.6. The molecule has 0 bridgehead atoms. The van der Waals surface area contributed by atoms with Crippen LogP contribution in [0.5, 0.6) is 0 Å². The minimum atomic E-state index is -1.82. The number of aliphatic carboxylic acids is 2. The fraction of sp³-hybridized carbons (Fsp3) is 0.357. The van der Waals surface area contributed by atoms with Crippen LogP contribution in [0.1, 0.15) is 53.2 Å². The summed E-state index contributed by atoms with van der Waals surface area (Å²) >= 11 is 0. The van der Waals surface area contributed by atoms with Crippen molar-refractivity contribution in [1.29, 1.82) is 0 Å². The van der Waals surface area contributed by atoms with Gasteiger partial charge in [-0.1, -0.05) is 48.5 Å². The lowest BCUT2D eigenvalue weighted by molar-refractivity contribution is -0.159.